The van der Waals surface area contributed by atoms with E-state index in [4.69, 9.17) is 5.73 Å². The first-order valence-electron chi connectivity index (χ1n) is 7.66. The fraction of sp³-hybridized carbons (Fsp3) is 0.562. The minimum absolute atomic E-state index is 0.215. The molecule has 3 rings (SSSR count). The van der Waals surface area contributed by atoms with E-state index in [1.54, 1.807) is 12.1 Å². The van der Waals surface area contributed by atoms with Crippen molar-refractivity contribution < 1.29 is 9.18 Å². The summed E-state index contributed by atoms with van der Waals surface area (Å²) in [7, 11) is 0. The molecular weight excluding hydrogens is 269 g/mol. The minimum atomic E-state index is -0.598. The first-order chi connectivity index (χ1) is 10.1. The lowest BCUT2D eigenvalue weighted by Crippen LogP contribution is -2.27. The van der Waals surface area contributed by atoms with E-state index in [-0.39, 0.29) is 11.4 Å². The number of benzene rings is 1. The average molecular weight is 291 g/mol. The molecule has 2 fully saturated rings. The highest BCUT2D eigenvalue weighted by Crippen LogP contribution is 2.31. The van der Waals surface area contributed by atoms with E-state index in [0.717, 1.165) is 12.6 Å². The molecule has 114 valence electrons. The van der Waals surface area contributed by atoms with Crippen molar-refractivity contribution in [2.45, 2.75) is 31.8 Å². The van der Waals surface area contributed by atoms with Crippen molar-refractivity contribution in [1.29, 1.82) is 0 Å². The van der Waals surface area contributed by atoms with Crippen LogP contribution < -0.4 is 11.1 Å². The number of hydrogen-bond donors (Lipinski definition) is 2. The molecule has 1 aliphatic heterocycles. The average Bonchev–Trinajstić information content (AvgIpc) is 3.20. The standard InChI is InChI=1S/C16H22FN3O/c17-15-7-12(16(18)21)1-2-13(15)9-19-8-11-5-6-20(10-11)14-3-4-14/h1-2,7,11,14,19H,3-6,8-10H2,(H2,18,21). The molecule has 1 aromatic carbocycles. The van der Waals surface area contributed by atoms with Gasteiger partial charge in [0.05, 0.1) is 0 Å². The van der Waals surface area contributed by atoms with Crippen LogP contribution in [0.25, 0.3) is 0 Å². The smallest absolute Gasteiger partial charge is 0.248 e. The number of nitrogens with zero attached hydrogens (tertiary/aromatic N) is 1. The fourth-order valence-electron chi connectivity index (χ4n) is 3.06. The second kappa shape index (κ2) is 6.12. The van der Waals surface area contributed by atoms with E-state index in [1.165, 1.54) is 38.4 Å². The van der Waals surface area contributed by atoms with Crippen LogP contribution in [-0.4, -0.2) is 36.5 Å². The lowest BCUT2D eigenvalue weighted by atomic mass is 10.1. The monoisotopic (exact) mass is 291 g/mol. The molecule has 1 heterocycles. The van der Waals surface area contributed by atoms with Crippen molar-refractivity contribution in [3.8, 4) is 0 Å². The topological polar surface area (TPSA) is 58.4 Å². The summed E-state index contributed by atoms with van der Waals surface area (Å²) in [5.41, 5.74) is 5.93. The molecule has 2 aliphatic rings. The van der Waals surface area contributed by atoms with E-state index >= 15 is 0 Å². The van der Waals surface area contributed by atoms with Gasteiger partial charge in [0.1, 0.15) is 5.82 Å². The van der Waals surface area contributed by atoms with Gasteiger partial charge in [-0.15, -0.1) is 0 Å². The Kier molecular flexibility index (Phi) is 4.22. The molecule has 21 heavy (non-hydrogen) atoms. The van der Waals surface area contributed by atoms with Crippen molar-refractivity contribution in [2.24, 2.45) is 11.7 Å². The molecule has 0 spiro atoms. The number of primary amides is 1. The first kappa shape index (κ1) is 14.5. The molecule has 1 saturated carbocycles. The maximum absolute atomic E-state index is 13.8. The minimum Gasteiger partial charge on any atom is -0.366 e. The quantitative estimate of drug-likeness (QED) is 0.835. The molecule has 1 atom stereocenters. The summed E-state index contributed by atoms with van der Waals surface area (Å²) in [4.78, 5) is 13.6. The Hall–Kier alpha value is -1.46. The summed E-state index contributed by atoms with van der Waals surface area (Å²) in [5, 5.41) is 3.33. The van der Waals surface area contributed by atoms with Gasteiger partial charge >= 0.3 is 0 Å². The number of hydrogen-bond acceptors (Lipinski definition) is 3. The van der Waals surface area contributed by atoms with E-state index in [1.807, 2.05) is 0 Å². The molecule has 3 N–H and O–H groups in total. The summed E-state index contributed by atoms with van der Waals surface area (Å²) < 4.78 is 13.8. The van der Waals surface area contributed by atoms with Crippen molar-refractivity contribution in [3.05, 3.63) is 35.1 Å². The van der Waals surface area contributed by atoms with Crippen LogP contribution in [-0.2, 0) is 6.54 Å². The third-order valence-corrected chi connectivity index (χ3v) is 4.47. The van der Waals surface area contributed by atoms with Crippen molar-refractivity contribution in [2.75, 3.05) is 19.6 Å². The number of halogens is 1. The van der Waals surface area contributed by atoms with Crippen LogP contribution in [0.5, 0.6) is 0 Å². The second-order valence-corrected chi connectivity index (χ2v) is 6.18. The van der Waals surface area contributed by atoms with Gasteiger partial charge in [0.15, 0.2) is 0 Å². The van der Waals surface area contributed by atoms with Crippen LogP contribution in [0.2, 0.25) is 0 Å². The Morgan fingerprint density at radius 3 is 2.86 bits per heavy atom. The molecule has 1 aromatic rings. The molecule has 0 radical (unpaired) electrons. The van der Waals surface area contributed by atoms with Crippen LogP contribution in [0.3, 0.4) is 0 Å². The highest BCUT2D eigenvalue weighted by molar-refractivity contribution is 5.92. The van der Waals surface area contributed by atoms with Crippen molar-refractivity contribution in [1.82, 2.24) is 10.2 Å². The number of nitrogens with one attached hydrogen (secondary N) is 1. The highest BCUT2D eigenvalue weighted by Gasteiger charge is 2.33. The van der Waals surface area contributed by atoms with Gasteiger partial charge in [-0.1, -0.05) is 6.07 Å². The Balaban J connectivity index is 1.46. The molecule has 5 heteroatoms. The van der Waals surface area contributed by atoms with Crippen LogP contribution >= 0.6 is 0 Å². The van der Waals surface area contributed by atoms with Gasteiger partial charge in [0.25, 0.3) is 0 Å². The van der Waals surface area contributed by atoms with Crippen molar-refractivity contribution in [3.63, 3.8) is 0 Å². The summed E-state index contributed by atoms with van der Waals surface area (Å²) in [6.07, 6.45) is 3.95. The maximum atomic E-state index is 13.8. The molecule has 1 saturated heterocycles. The summed E-state index contributed by atoms with van der Waals surface area (Å²) in [6, 6.07) is 5.26. The number of likely N-dealkylation sites (tertiary alicyclic amines) is 1. The zero-order valence-electron chi connectivity index (χ0n) is 12.1. The first-order valence-corrected chi connectivity index (χ1v) is 7.66. The number of nitrogens with two attached hydrogens (primary N) is 1. The Morgan fingerprint density at radius 2 is 2.19 bits per heavy atom. The maximum Gasteiger partial charge on any atom is 0.248 e. The van der Waals surface area contributed by atoms with Gasteiger partial charge in [-0.05, 0) is 50.4 Å². The third-order valence-electron chi connectivity index (χ3n) is 4.47. The van der Waals surface area contributed by atoms with Gasteiger partial charge in [-0.3, -0.25) is 4.79 Å². The molecule has 1 amide bonds. The van der Waals surface area contributed by atoms with Crippen LogP contribution in [0, 0.1) is 11.7 Å². The van der Waals surface area contributed by atoms with Gasteiger partial charge in [0, 0.05) is 30.3 Å². The van der Waals surface area contributed by atoms with E-state index in [0.29, 0.717) is 18.0 Å². The normalized spacial score (nSPS) is 22.6. The Bertz CT molecular complexity index is 530. The Labute approximate surface area is 124 Å². The molecule has 0 bridgehead atoms. The van der Waals surface area contributed by atoms with Crippen LogP contribution in [0.1, 0.15) is 35.2 Å². The molecule has 1 aliphatic carbocycles. The van der Waals surface area contributed by atoms with Crippen LogP contribution in [0.4, 0.5) is 4.39 Å². The molecular formula is C16H22FN3O. The zero-order valence-corrected chi connectivity index (χ0v) is 12.1. The lowest BCUT2D eigenvalue weighted by molar-refractivity contribution is 0.1000. The fourth-order valence-corrected chi connectivity index (χ4v) is 3.06. The van der Waals surface area contributed by atoms with Gasteiger partial charge in [-0.25, -0.2) is 4.39 Å². The second-order valence-electron chi connectivity index (χ2n) is 6.18. The number of rotatable bonds is 6. The number of amides is 1. The highest BCUT2D eigenvalue weighted by atomic mass is 19.1. The summed E-state index contributed by atoms with van der Waals surface area (Å²) >= 11 is 0. The summed E-state index contributed by atoms with van der Waals surface area (Å²) in [5.74, 6) is -0.303. The SMILES string of the molecule is NC(=O)c1ccc(CNCC2CCN(C3CC3)C2)c(F)c1. The third kappa shape index (κ3) is 3.60. The number of carbonyl (C=O) groups is 1. The zero-order chi connectivity index (χ0) is 14.8. The predicted molar refractivity (Wildman–Crippen MR) is 79.3 cm³/mol. The van der Waals surface area contributed by atoms with Crippen molar-refractivity contribution >= 4 is 5.91 Å². The lowest BCUT2D eigenvalue weighted by Gasteiger charge is -2.15. The van der Waals surface area contributed by atoms with Gasteiger partial charge < -0.3 is 16.0 Å². The number of carbonyl (C=O) groups excluding carboxylic acids is 1. The van der Waals surface area contributed by atoms with Gasteiger partial charge in [0.2, 0.25) is 5.91 Å². The molecule has 1 unspecified atom stereocenters. The van der Waals surface area contributed by atoms with Gasteiger partial charge in [-0.2, -0.15) is 0 Å². The largest absolute Gasteiger partial charge is 0.366 e. The predicted octanol–water partition coefficient (Wildman–Crippen LogP) is 1.50. The van der Waals surface area contributed by atoms with Crippen LogP contribution in [0.15, 0.2) is 18.2 Å². The van der Waals surface area contributed by atoms with E-state index < -0.39 is 5.91 Å². The van der Waals surface area contributed by atoms with E-state index in [2.05, 4.69) is 10.2 Å². The molecule has 4 nitrogen and oxygen atoms in total. The Morgan fingerprint density at radius 1 is 1.38 bits per heavy atom. The van der Waals surface area contributed by atoms with E-state index in [9.17, 15) is 9.18 Å². The molecule has 0 aromatic heterocycles. The summed E-state index contributed by atoms with van der Waals surface area (Å²) in [6.45, 7) is 3.78.